The van der Waals surface area contributed by atoms with Gasteiger partial charge in [-0.3, -0.25) is 4.79 Å². The summed E-state index contributed by atoms with van der Waals surface area (Å²) in [5.41, 5.74) is 3.36. The van der Waals surface area contributed by atoms with Crippen LogP contribution in [-0.2, 0) is 11.2 Å². The lowest BCUT2D eigenvalue weighted by Gasteiger charge is -2.17. The zero-order valence-electron chi connectivity index (χ0n) is 17.4. The number of amides is 1. The van der Waals surface area contributed by atoms with Gasteiger partial charge in [-0.25, -0.2) is 0 Å². The Kier molecular flexibility index (Phi) is 5.93. The first-order valence-corrected chi connectivity index (χ1v) is 10.2. The van der Waals surface area contributed by atoms with Crippen molar-refractivity contribution in [2.24, 2.45) is 0 Å². The average molecular weight is 402 g/mol. The van der Waals surface area contributed by atoms with Gasteiger partial charge in [0.15, 0.2) is 5.82 Å². The topological polar surface area (TPSA) is 58.6 Å². The van der Waals surface area contributed by atoms with Crippen molar-refractivity contribution in [3.8, 4) is 17.0 Å². The van der Waals surface area contributed by atoms with Gasteiger partial charge in [-0.1, -0.05) is 54.6 Å². The molecule has 1 amide bonds. The molecule has 2 heterocycles. The molecule has 0 aliphatic carbocycles. The molecular weight excluding hydrogens is 376 g/mol. The maximum Gasteiger partial charge on any atom is 0.233 e. The lowest BCUT2D eigenvalue weighted by molar-refractivity contribution is -0.129. The van der Waals surface area contributed by atoms with Crippen LogP contribution in [0.5, 0.6) is 5.88 Å². The number of carbonyl (C=O) groups is 1. The highest BCUT2D eigenvalue weighted by Crippen LogP contribution is 2.21. The zero-order chi connectivity index (χ0) is 20.9. The minimum Gasteiger partial charge on any atom is -0.471 e. The van der Waals surface area contributed by atoms with Gasteiger partial charge in [0.25, 0.3) is 0 Å². The molecule has 0 spiro atoms. The van der Waals surface area contributed by atoms with Crippen LogP contribution in [0.15, 0.2) is 66.7 Å². The van der Waals surface area contributed by atoms with E-state index in [9.17, 15) is 4.79 Å². The second-order valence-electron chi connectivity index (χ2n) is 7.73. The largest absolute Gasteiger partial charge is 0.471 e. The van der Waals surface area contributed by atoms with Crippen LogP contribution in [0.3, 0.4) is 0 Å². The standard InChI is InChI=1S/C24H26N4O2/c1-27(2)22-12-13-23(26-25-22)30-21-14-15-28(17-21)24(29)16-18-8-10-20(11-9-18)19-6-4-3-5-7-19/h3-13,21H,14-17H2,1-2H3. The number of benzene rings is 2. The Bertz CT molecular complexity index is 972. The minimum atomic E-state index is -0.0473. The van der Waals surface area contributed by atoms with Crippen LogP contribution < -0.4 is 9.64 Å². The highest BCUT2D eigenvalue weighted by atomic mass is 16.5. The molecule has 3 aromatic rings. The van der Waals surface area contributed by atoms with E-state index in [4.69, 9.17) is 4.74 Å². The van der Waals surface area contributed by atoms with E-state index < -0.39 is 0 Å². The first kappa shape index (κ1) is 19.9. The maximum atomic E-state index is 12.7. The van der Waals surface area contributed by atoms with Crippen molar-refractivity contribution in [3.63, 3.8) is 0 Å². The lowest BCUT2D eigenvalue weighted by Crippen LogP contribution is -2.32. The summed E-state index contributed by atoms with van der Waals surface area (Å²) >= 11 is 0. The number of hydrogen-bond donors (Lipinski definition) is 0. The molecule has 0 saturated carbocycles. The molecule has 6 heteroatoms. The predicted octanol–water partition coefficient (Wildman–Crippen LogP) is 3.43. The SMILES string of the molecule is CN(C)c1ccc(OC2CCN(C(=O)Cc3ccc(-c4ccccc4)cc3)C2)nn1. The molecular formula is C24H26N4O2. The Hall–Kier alpha value is -3.41. The van der Waals surface area contributed by atoms with E-state index in [0.717, 1.165) is 23.4 Å². The van der Waals surface area contributed by atoms with Crippen LogP contribution in [0.25, 0.3) is 11.1 Å². The van der Waals surface area contributed by atoms with Crippen LogP contribution in [0.1, 0.15) is 12.0 Å². The number of anilines is 1. The van der Waals surface area contributed by atoms with Gasteiger partial charge < -0.3 is 14.5 Å². The van der Waals surface area contributed by atoms with E-state index in [1.54, 1.807) is 0 Å². The van der Waals surface area contributed by atoms with Gasteiger partial charge in [0, 0.05) is 33.1 Å². The first-order valence-electron chi connectivity index (χ1n) is 10.2. The van der Waals surface area contributed by atoms with Crippen molar-refractivity contribution >= 4 is 11.7 Å². The van der Waals surface area contributed by atoms with E-state index >= 15 is 0 Å². The van der Waals surface area contributed by atoms with Gasteiger partial charge in [-0.15, -0.1) is 10.2 Å². The summed E-state index contributed by atoms with van der Waals surface area (Å²) in [7, 11) is 3.83. The molecule has 1 saturated heterocycles. The van der Waals surface area contributed by atoms with Crippen LogP contribution in [0, 0.1) is 0 Å². The molecule has 1 unspecified atom stereocenters. The van der Waals surface area contributed by atoms with Gasteiger partial charge in [-0.05, 0) is 22.8 Å². The molecule has 1 atom stereocenters. The van der Waals surface area contributed by atoms with Gasteiger partial charge >= 0.3 is 0 Å². The van der Waals surface area contributed by atoms with Crippen molar-refractivity contribution in [2.45, 2.75) is 18.9 Å². The molecule has 4 rings (SSSR count). The summed E-state index contributed by atoms with van der Waals surface area (Å²) in [6.45, 7) is 1.28. The number of hydrogen-bond acceptors (Lipinski definition) is 5. The van der Waals surface area contributed by atoms with Crippen LogP contribution in [0.4, 0.5) is 5.82 Å². The van der Waals surface area contributed by atoms with Crippen LogP contribution in [-0.4, -0.2) is 54.3 Å². The van der Waals surface area contributed by atoms with Crippen molar-refractivity contribution in [2.75, 3.05) is 32.1 Å². The Labute approximate surface area is 177 Å². The number of rotatable bonds is 6. The Morgan fingerprint density at radius 1 is 1.00 bits per heavy atom. The number of carbonyl (C=O) groups excluding carboxylic acids is 1. The van der Waals surface area contributed by atoms with Crippen LogP contribution in [0.2, 0.25) is 0 Å². The highest BCUT2D eigenvalue weighted by molar-refractivity contribution is 5.79. The monoisotopic (exact) mass is 402 g/mol. The second kappa shape index (κ2) is 8.95. The summed E-state index contributed by atoms with van der Waals surface area (Å²) in [6.07, 6.45) is 1.16. The molecule has 2 aromatic carbocycles. The maximum absolute atomic E-state index is 12.7. The average Bonchev–Trinajstić information content (AvgIpc) is 3.24. The van der Waals surface area contributed by atoms with Crippen LogP contribution >= 0.6 is 0 Å². The Morgan fingerprint density at radius 3 is 2.40 bits per heavy atom. The fraction of sp³-hybridized carbons (Fsp3) is 0.292. The summed E-state index contributed by atoms with van der Waals surface area (Å²) in [5.74, 6) is 1.41. The summed E-state index contributed by atoms with van der Waals surface area (Å²) in [5, 5.41) is 8.25. The first-order chi connectivity index (χ1) is 14.6. The Balaban J connectivity index is 1.30. The Morgan fingerprint density at radius 2 is 1.73 bits per heavy atom. The van der Waals surface area contributed by atoms with Gasteiger partial charge in [-0.2, -0.15) is 0 Å². The summed E-state index contributed by atoms with van der Waals surface area (Å²) < 4.78 is 5.92. The minimum absolute atomic E-state index is 0.0473. The number of aromatic nitrogens is 2. The summed E-state index contributed by atoms with van der Waals surface area (Å²) in [6, 6.07) is 22.1. The molecule has 6 nitrogen and oxygen atoms in total. The molecule has 0 bridgehead atoms. The summed E-state index contributed by atoms with van der Waals surface area (Å²) in [4.78, 5) is 16.5. The predicted molar refractivity (Wildman–Crippen MR) is 118 cm³/mol. The quantitative estimate of drug-likeness (QED) is 0.632. The molecule has 30 heavy (non-hydrogen) atoms. The van der Waals surface area contributed by atoms with E-state index in [2.05, 4.69) is 34.5 Å². The van der Waals surface area contributed by atoms with Gasteiger partial charge in [0.2, 0.25) is 11.8 Å². The number of likely N-dealkylation sites (tertiary alicyclic amines) is 1. The third-order valence-corrected chi connectivity index (χ3v) is 5.29. The lowest BCUT2D eigenvalue weighted by atomic mass is 10.0. The van der Waals surface area contributed by atoms with Gasteiger partial charge in [0.1, 0.15) is 6.10 Å². The molecule has 1 aromatic heterocycles. The number of ether oxygens (including phenoxy) is 1. The fourth-order valence-electron chi connectivity index (χ4n) is 3.57. The van der Waals surface area contributed by atoms with Gasteiger partial charge in [0.05, 0.1) is 13.0 Å². The van der Waals surface area contributed by atoms with Crippen molar-refractivity contribution in [3.05, 3.63) is 72.3 Å². The molecule has 1 aliphatic heterocycles. The molecule has 1 aliphatic rings. The molecule has 0 N–H and O–H groups in total. The smallest absolute Gasteiger partial charge is 0.233 e. The van der Waals surface area contributed by atoms with E-state index in [-0.39, 0.29) is 12.0 Å². The van der Waals surface area contributed by atoms with Crippen molar-refractivity contribution < 1.29 is 9.53 Å². The molecule has 1 fully saturated rings. The van der Waals surface area contributed by atoms with E-state index in [1.165, 1.54) is 5.56 Å². The third-order valence-electron chi connectivity index (χ3n) is 5.29. The fourth-order valence-corrected chi connectivity index (χ4v) is 3.57. The zero-order valence-corrected chi connectivity index (χ0v) is 17.4. The molecule has 154 valence electrons. The third kappa shape index (κ3) is 4.76. The molecule has 0 radical (unpaired) electrons. The van der Waals surface area contributed by atoms with E-state index in [1.807, 2.05) is 66.4 Å². The van der Waals surface area contributed by atoms with Crippen molar-refractivity contribution in [1.82, 2.24) is 15.1 Å². The normalized spacial score (nSPS) is 15.8. The van der Waals surface area contributed by atoms with E-state index in [0.29, 0.717) is 25.4 Å². The van der Waals surface area contributed by atoms with Crippen molar-refractivity contribution in [1.29, 1.82) is 0 Å². The number of nitrogens with zero attached hydrogens (tertiary/aromatic N) is 4. The second-order valence-corrected chi connectivity index (χ2v) is 7.73. The highest BCUT2D eigenvalue weighted by Gasteiger charge is 2.28.